The van der Waals surface area contributed by atoms with Crippen LogP contribution in [0.3, 0.4) is 0 Å². The van der Waals surface area contributed by atoms with Gasteiger partial charge in [-0.25, -0.2) is 0 Å². The normalized spacial score (nSPS) is 10.7. The molecule has 1 amide bonds. The average molecular weight is 255 g/mol. The number of H-pyrrole nitrogens is 1. The van der Waals surface area contributed by atoms with Crippen molar-refractivity contribution in [3.05, 3.63) is 54.1 Å². The van der Waals surface area contributed by atoms with Crippen LogP contribution in [0.15, 0.2) is 47.1 Å². The van der Waals surface area contributed by atoms with Crippen molar-refractivity contribution in [3.8, 4) is 0 Å². The standard InChI is InChI=1S/C14H13N3O2/c18-14(15-8-7-10-4-3-9-19-10)13-11-5-1-2-6-12(11)16-17-13/h1-6,9H,7-8H2,(H,15,18)(H,16,17). The van der Waals surface area contributed by atoms with Gasteiger partial charge < -0.3 is 9.73 Å². The Morgan fingerprint density at radius 2 is 2.16 bits per heavy atom. The van der Waals surface area contributed by atoms with Crippen molar-refractivity contribution >= 4 is 16.8 Å². The molecule has 3 rings (SSSR count). The Bertz CT molecular complexity index is 686. The van der Waals surface area contributed by atoms with Gasteiger partial charge in [-0.05, 0) is 18.2 Å². The zero-order valence-corrected chi connectivity index (χ0v) is 10.2. The van der Waals surface area contributed by atoms with Gasteiger partial charge in [-0.3, -0.25) is 9.89 Å². The first-order chi connectivity index (χ1) is 9.34. The summed E-state index contributed by atoms with van der Waals surface area (Å²) in [6.45, 7) is 0.521. The van der Waals surface area contributed by atoms with E-state index in [1.807, 2.05) is 36.4 Å². The van der Waals surface area contributed by atoms with Crippen molar-refractivity contribution in [3.63, 3.8) is 0 Å². The van der Waals surface area contributed by atoms with Crippen molar-refractivity contribution in [1.82, 2.24) is 15.5 Å². The zero-order valence-electron chi connectivity index (χ0n) is 10.2. The highest BCUT2D eigenvalue weighted by Gasteiger charge is 2.12. The minimum atomic E-state index is -0.177. The van der Waals surface area contributed by atoms with E-state index in [1.165, 1.54) is 0 Å². The molecular formula is C14H13N3O2. The number of furan rings is 1. The van der Waals surface area contributed by atoms with E-state index in [-0.39, 0.29) is 5.91 Å². The number of rotatable bonds is 4. The molecule has 0 radical (unpaired) electrons. The van der Waals surface area contributed by atoms with Crippen molar-refractivity contribution in [2.24, 2.45) is 0 Å². The molecule has 2 heterocycles. The zero-order chi connectivity index (χ0) is 13.1. The van der Waals surface area contributed by atoms with Gasteiger partial charge in [0.15, 0.2) is 5.69 Å². The van der Waals surface area contributed by atoms with Crippen molar-refractivity contribution in [1.29, 1.82) is 0 Å². The Hall–Kier alpha value is -2.56. The van der Waals surface area contributed by atoms with E-state index < -0.39 is 0 Å². The summed E-state index contributed by atoms with van der Waals surface area (Å²) in [5.74, 6) is 0.677. The van der Waals surface area contributed by atoms with E-state index in [4.69, 9.17) is 4.42 Å². The molecule has 0 fully saturated rings. The molecule has 0 atom stereocenters. The number of aromatic nitrogens is 2. The highest BCUT2D eigenvalue weighted by molar-refractivity contribution is 6.04. The topological polar surface area (TPSA) is 70.9 Å². The number of aromatic amines is 1. The third-order valence-electron chi connectivity index (χ3n) is 2.92. The number of para-hydroxylation sites is 1. The van der Waals surface area contributed by atoms with Crippen LogP contribution in [0.1, 0.15) is 16.2 Å². The molecule has 3 aromatic rings. The summed E-state index contributed by atoms with van der Waals surface area (Å²) in [5, 5.41) is 10.6. The fraction of sp³-hybridized carbons (Fsp3) is 0.143. The van der Waals surface area contributed by atoms with Crippen LogP contribution in [0, 0.1) is 0 Å². The number of nitrogens with one attached hydrogen (secondary N) is 2. The van der Waals surface area contributed by atoms with E-state index in [0.29, 0.717) is 18.7 Å². The van der Waals surface area contributed by atoms with Crippen LogP contribution in [-0.2, 0) is 6.42 Å². The molecule has 2 aromatic heterocycles. The first kappa shape index (κ1) is 11.5. The average Bonchev–Trinajstić information content (AvgIpc) is 3.07. The van der Waals surface area contributed by atoms with Crippen molar-refractivity contribution in [2.45, 2.75) is 6.42 Å². The van der Waals surface area contributed by atoms with Gasteiger partial charge in [0, 0.05) is 18.4 Å². The van der Waals surface area contributed by atoms with Crippen LogP contribution in [0.4, 0.5) is 0 Å². The number of hydrogen-bond acceptors (Lipinski definition) is 3. The van der Waals surface area contributed by atoms with Gasteiger partial charge in [-0.1, -0.05) is 18.2 Å². The minimum absolute atomic E-state index is 0.177. The molecule has 0 aliphatic heterocycles. The number of fused-ring (bicyclic) bond motifs is 1. The molecule has 0 spiro atoms. The largest absolute Gasteiger partial charge is 0.469 e. The molecule has 0 aliphatic rings. The van der Waals surface area contributed by atoms with Crippen LogP contribution >= 0.6 is 0 Å². The predicted molar refractivity (Wildman–Crippen MR) is 70.8 cm³/mol. The molecule has 2 N–H and O–H groups in total. The van der Waals surface area contributed by atoms with Gasteiger partial charge in [-0.15, -0.1) is 0 Å². The van der Waals surface area contributed by atoms with Gasteiger partial charge in [0.2, 0.25) is 0 Å². The second kappa shape index (κ2) is 4.97. The minimum Gasteiger partial charge on any atom is -0.469 e. The summed E-state index contributed by atoms with van der Waals surface area (Å²) < 4.78 is 5.20. The van der Waals surface area contributed by atoms with Crippen LogP contribution < -0.4 is 5.32 Å². The van der Waals surface area contributed by atoms with Gasteiger partial charge in [0.25, 0.3) is 5.91 Å². The monoisotopic (exact) mass is 255 g/mol. The molecule has 5 nitrogen and oxygen atoms in total. The summed E-state index contributed by atoms with van der Waals surface area (Å²) in [6.07, 6.45) is 2.29. The second-order valence-corrected chi connectivity index (χ2v) is 4.20. The molecule has 5 heteroatoms. The van der Waals surface area contributed by atoms with E-state index in [0.717, 1.165) is 16.7 Å². The van der Waals surface area contributed by atoms with E-state index in [2.05, 4.69) is 15.5 Å². The molecule has 0 unspecified atom stereocenters. The fourth-order valence-electron chi connectivity index (χ4n) is 1.97. The molecule has 96 valence electrons. The van der Waals surface area contributed by atoms with Gasteiger partial charge in [0.1, 0.15) is 5.76 Å². The first-order valence-corrected chi connectivity index (χ1v) is 6.08. The number of hydrogen-bond donors (Lipinski definition) is 2. The number of benzene rings is 1. The van der Waals surface area contributed by atoms with Crippen LogP contribution in [-0.4, -0.2) is 22.6 Å². The SMILES string of the molecule is O=C(NCCc1ccco1)c1n[nH]c2ccccc12. The van der Waals surface area contributed by atoms with Crippen molar-refractivity contribution < 1.29 is 9.21 Å². The highest BCUT2D eigenvalue weighted by Crippen LogP contribution is 2.14. The maximum atomic E-state index is 12.0. The van der Waals surface area contributed by atoms with Crippen LogP contribution in [0.2, 0.25) is 0 Å². The molecule has 0 aliphatic carbocycles. The fourth-order valence-corrected chi connectivity index (χ4v) is 1.97. The Morgan fingerprint density at radius 3 is 3.00 bits per heavy atom. The van der Waals surface area contributed by atoms with Crippen LogP contribution in [0.25, 0.3) is 10.9 Å². The summed E-state index contributed by atoms with van der Waals surface area (Å²) in [4.78, 5) is 12.0. The third kappa shape index (κ3) is 2.35. The molecule has 1 aromatic carbocycles. The van der Waals surface area contributed by atoms with E-state index >= 15 is 0 Å². The Kier molecular flexibility index (Phi) is 3.02. The maximum Gasteiger partial charge on any atom is 0.272 e. The quantitative estimate of drug-likeness (QED) is 0.750. The third-order valence-corrected chi connectivity index (χ3v) is 2.92. The number of amides is 1. The first-order valence-electron chi connectivity index (χ1n) is 6.08. The van der Waals surface area contributed by atoms with Gasteiger partial charge in [0.05, 0.1) is 11.8 Å². The van der Waals surface area contributed by atoms with Crippen LogP contribution in [0.5, 0.6) is 0 Å². The lowest BCUT2D eigenvalue weighted by molar-refractivity contribution is 0.0950. The molecule has 0 bridgehead atoms. The number of carbonyl (C=O) groups is 1. The predicted octanol–water partition coefficient (Wildman–Crippen LogP) is 2.13. The summed E-state index contributed by atoms with van der Waals surface area (Å²) in [6, 6.07) is 11.3. The lowest BCUT2D eigenvalue weighted by Gasteiger charge is -2.01. The van der Waals surface area contributed by atoms with E-state index in [1.54, 1.807) is 6.26 Å². The Morgan fingerprint density at radius 1 is 1.26 bits per heavy atom. The Labute approximate surface area is 109 Å². The smallest absolute Gasteiger partial charge is 0.272 e. The van der Waals surface area contributed by atoms with Gasteiger partial charge >= 0.3 is 0 Å². The Balaban J connectivity index is 1.67. The highest BCUT2D eigenvalue weighted by atomic mass is 16.3. The summed E-state index contributed by atoms with van der Waals surface area (Å²) in [7, 11) is 0. The van der Waals surface area contributed by atoms with E-state index in [9.17, 15) is 4.79 Å². The number of carbonyl (C=O) groups excluding carboxylic acids is 1. The molecule has 0 saturated heterocycles. The summed E-state index contributed by atoms with van der Waals surface area (Å²) >= 11 is 0. The molecule has 0 saturated carbocycles. The second-order valence-electron chi connectivity index (χ2n) is 4.20. The van der Waals surface area contributed by atoms with Crippen molar-refractivity contribution in [2.75, 3.05) is 6.54 Å². The lowest BCUT2D eigenvalue weighted by Crippen LogP contribution is -2.26. The maximum absolute atomic E-state index is 12.0. The van der Waals surface area contributed by atoms with Gasteiger partial charge in [-0.2, -0.15) is 5.10 Å². The molecule has 19 heavy (non-hydrogen) atoms. The number of nitrogens with zero attached hydrogens (tertiary/aromatic N) is 1. The summed E-state index contributed by atoms with van der Waals surface area (Å²) in [5.41, 5.74) is 1.29. The molecular weight excluding hydrogens is 242 g/mol. The lowest BCUT2D eigenvalue weighted by atomic mass is 10.2.